The molecule has 7 heteroatoms. The Kier molecular flexibility index (Phi) is 5.47. The van der Waals surface area contributed by atoms with Gasteiger partial charge in [0.15, 0.2) is 0 Å². The highest BCUT2D eigenvalue weighted by atomic mass is 35.5. The lowest BCUT2D eigenvalue weighted by molar-refractivity contribution is -0.134. The van der Waals surface area contributed by atoms with E-state index in [2.05, 4.69) is 11.6 Å². The molecule has 1 aliphatic heterocycles. The third kappa shape index (κ3) is 4.21. The van der Waals surface area contributed by atoms with Gasteiger partial charge in [0.2, 0.25) is 15.9 Å². The van der Waals surface area contributed by atoms with Crippen molar-refractivity contribution in [3.8, 4) is 0 Å². The smallest absolute Gasteiger partial charge is 0.241 e. The summed E-state index contributed by atoms with van der Waals surface area (Å²) in [6.07, 6.45) is 2.07. The van der Waals surface area contributed by atoms with Crippen molar-refractivity contribution < 1.29 is 13.2 Å². The number of nitrogens with zero attached hydrogens (tertiary/aromatic N) is 1. The zero-order valence-electron chi connectivity index (χ0n) is 12.8. The molecule has 1 amide bonds. The van der Waals surface area contributed by atoms with E-state index in [1.165, 1.54) is 24.3 Å². The lowest BCUT2D eigenvalue weighted by Gasteiger charge is -2.32. The Bertz CT molecular complexity index is 631. The van der Waals surface area contributed by atoms with Crippen LogP contribution in [-0.4, -0.2) is 38.4 Å². The van der Waals surface area contributed by atoms with Gasteiger partial charge in [-0.25, -0.2) is 8.42 Å². The molecular weight excluding hydrogens is 324 g/mol. The van der Waals surface area contributed by atoms with Crippen LogP contribution in [0.3, 0.4) is 0 Å². The number of carbonyl (C=O) groups is 1. The average Bonchev–Trinajstić information content (AvgIpc) is 2.46. The Morgan fingerprint density at radius 3 is 2.59 bits per heavy atom. The van der Waals surface area contributed by atoms with Crippen LogP contribution < -0.4 is 4.72 Å². The summed E-state index contributed by atoms with van der Waals surface area (Å²) in [6.45, 7) is 5.05. The van der Waals surface area contributed by atoms with E-state index >= 15 is 0 Å². The minimum atomic E-state index is -3.73. The first-order valence-corrected chi connectivity index (χ1v) is 9.22. The van der Waals surface area contributed by atoms with Gasteiger partial charge in [-0.2, -0.15) is 4.72 Å². The van der Waals surface area contributed by atoms with Crippen LogP contribution in [0.5, 0.6) is 0 Å². The molecule has 1 fully saturated rings. The van der Waals surface area contributed by atoms with Crippen LogP contribution >= 0.6 is 11.6 Å². The standard InChI is InChI=1S/C15H21ClN2O3S/c1-11-4-3-9-18(10-11)15(19)12(2)17-22(20,21)14-7-5-13(16)6-8-14/h5-8,11-12,17H,3-4,9-10H2,1-2H3. The van der Waals surface area contributed by atoms with Gasteiger partial charge in [0.25, 0.3) is 0 Å². The number of halogens is 1. The highest BCUT2D eigenvalue weighted by Crippen LogP contribution is 2.17. The van der Waals surface area contributed by atoms with E-state index in [-0.39, 0.29) is 10.8 Å². The summed E-state index contributed by atoms with van der Waals surface area (Å²) in [5.41, 5.74) is 0. The van der Waals surface area contributed by atoms with E-state index in [9.17, 15) is 13.2 Å². The van der Waals surface area contributed by atoms with Crippen LogP contribution in [0.15, 0.2) is 29.2 Å². The van der Waals surface area contributed by atoms with Crippen molar-refractivity contribution in [3.05, 3.63) is 29.3 Å². The molecule has 0 bridgehead atoms. The van der Waals surface area contributed by atoms with Gasteiger partial charge >= 0.3 is 0 Å². The summed E-state index contributed by atoms with van der Waals surface area (Å²) in [5.74, 6) is 0.280. The highest BCUT2D eigenvalue weighted by Gasteiger charge is 2.28. The molecule has 2 atom stereocenters. The second-order valence-corrected chi connectivity index (χ2v) is 7.98. The molecule has 0 aliphatic carbocycles. The van der Waals surface area contributed by atoms with Crippen LogP contribution in [0.2, 0.25) is 5.02 Å². The summed E-state index contributed by atoms with van der Waals surface area (Å²) in [6, 6.07) is 5.07. The first-order valence-electron chi connectivity index (χ1n) is 7.36. The summed E-state index contributed by atoms with van der Waals surface area (Å²) in [7, 11) is -3.73. The van der Waals surface area contributed by atoms with Crippen LogP contribution in [0.1, 0.15) is 26.7 Å². The van der Waals surface area contributed by atoms with E-state index in [4.69, 9.17) is 11.6 Å². The van der Waals surface area contributed by atoms with E-state index in [0.29, 0.717) is 24.0 Å². The van der Waals surface area contributed by atoms with Gasteiger partial charge in [-0.3, -0.25) is 4.79 Å². The van der Waals surface area contributed by atoms with Crippen LogP contribution in [0.4, 0.5) is 0 Å². The molecule has 1 heterocycles. The Labute approximate surface area is 136 Å². The molecule has 1 N–H and O–H groups in total. The third-order valence-corrected chi connectivity index (χ3v) is 5.60. The maximum atomic E-state index is 12.4. The van der Waals surface area contributed by atoms with Crippen molar-refractivity contribution in [2.75, 3.05) is 13.1 Å². The minimum absolute atomic E-state index is 0.101. The summed E-state index contributed by atoms with van der Waals surface area (Å²) < 4.78 is 27.0. The lowest BCUT2D eigenvalue weighted by Crippen LogP contribution is -2.49. The van der Waals surface area contributed by atoms with Crippen LogP contribution in [0.25, 0.3) is 0 Å². The fourth-order valence-corrected chi connectivity index (χ4v) is 3.95. The Morgan fingerprint density at radius 2 is 2.00 bits per heavy atom. The van der Waals surface area contributed by atoms with Crippen molar-refractivity contribution in [2.24, 2.45) is 5.92 Å². The number of hydrogen-bond acceptors (Lipinski definition) is 3. The third-order valence-electron chi connectivity index (χ3n) is 3.79. The number of benzene rings is 1. The summed E-state index contributed by atoms with van der Waals surface area (Å²) in [4.78, 5) is 14.2. The average molecular weight is 345 g/mol. The number of amides is 1. The van der Waals surface area contributed by atoms with Gasteiger partial charge in [0.1, 0.15) is 0 Å². The summed E-state index contributed by atoms with van der Waals surface area (Å²) in [5, 5.41) is 0.463. The molecule has 122 valence electrons. The Hall–Kier alpha value is -1.11. The molecule has 2 unspecified atom stereocenters. The van der Waals surface area contributed by atoms with Crippen molar-refractivity contribution in [3.63, 3.8) is 0 Å². The number of sulfonamides is 1. The zero-order valence-corrected chi connectivity index (χ0v) is 14.3. The summed E-state index contributed by atoms with van der Waals surface area (Å²) >= 11 is 5.76. The quantitative estimate of drug-likeness (QED) is 0.911. The predicted molar refractivity (Wildman–Crippen MR) is 86.2 cm³/mol. The van der Waals surface area contributed by atoms with Crippen molar-refractivity contribution in [2.45, 2.75) is 37.6 Å². The maximum Gasteiger partial charge on any atom is 0.241 e. The highest BCUT2D eigenvalue weighted by molar-refractivity contribution is 7.89. The van der Waals surface area contributed by atoms with Gasteiger partial charge in [-0.05, 0) is 49.9 Å². The van der Waals surface area contributed by atoms with Crippen LogP contribution in [0, 0.1) is 5.92 Å². The van der Waals surface area contributed by atoms with E-state index < -0.39 is 16.1 Å². The fraction of sp³-hybridized carbons (Fsp3) is 0.533. The minimum Gasteiger partial charge on any atom is -0.341 e. The SMILES string of the molecule is CC1CCCN(C(=O)C(C)NS(=O)(=O)c2ccc(Cl)cc2)C1. The lowest BCUT2D eigenvalue weighted by atomic mass is 10.00. The van der Waals surface area contributed by atoms with Crippen molar-refractivity contribution >= 4 is 27.5 Å². The monoisotopic (exact) mass is 344 g/mol. The molecular formula is C15H21ClN2O3S. The topological polar surface area (TPSA) is 66.5 Å². The number of piperidine rings is 1. The number of rotatable bonds is 4. The molecule has 1 saturated heterocycles. The first-order chi connectivity index (χ1) is 10.3. The van der Waals surface area contributed by atoms with Crippen molar-refractivity contribution in [1.29, 1.82) is 0 Å². The molecule has 5 nitrogen and oxygen atoms in total. The van der Waals surface area contributed by atoms with Crippen molar-refractivity contribution in [1.82, 2.24) is 9.62 Å². The normalized spacial score (nSPS) is 20.7. The molecule has 0 spiro atoms. The fourth-order valence-electron chi connectivity index (χ4n) is 2.63. The number of carbonyl (C=O) groups excluding carboxylic acids is 1. The van der Waals surface area contributed by atoms with Gasteiger partial charge in [0.05, 0.1) is 10.9 Å². The molecule has 1 aromatic carbocycles. The van der Waals surface area contributed by atoms with Gasteiger partial charge in [-0.1, -0.05) is 18.5 Å². The predicted octanol–water partition coefficient (Wildman–Crippen LogP) is 2.27. The Morgan fingerprint density at radius 1 is 1.36 bits per heavy atom. The van der Waals surface area contributed by atoms with Gasteiger partial charge < -0.3 is 4.90 Å². The van der Waals surface area contributed by atoms with E-state index in [0.717, 1.165) is 12.8 Å². The van der Waals surface area contributed by atoms with E-state index in [1.807, 2.05) is 0 Å². The van der Waals surface area contributed by atoms with Gasteiger partial charge in [0, 0.05) is 18.1 Å². The van der Waals surface area contributed by atoms with Crippen LogP contribution in [-0.2, 0) is 14.8 Å². The molecule has 0 radical (unpaired) electrons. The largest absolute Gasteiger partial charge is 0.341 e. The second kappa shape index (κ2) is 6.98. The zero-order chi connectivity index (χ0) is 16.3. The van der Waals surface area contributed by atoms with E-state index in [1.54, 1.807) is 11.8 Å². The molecule has 22 heavy (non-hydrogen) atoms. The molecule has 2 rings (SSSR count). The second-order valence-electron chi connectivity index (χ2n) is 5.83. The van der Waals surface area contributed by atoms with Gasteiger partial charge in [-0.15, -0.1) is 0 Å². The number of nitrogens with one attached hydrogen (secondary N) is 1. The first kappa shape index (κ1) is 17.2. The molecule has 1 aromatic rings. The molecule has 0 aromatic heterocycles. The molecule has 0 saturated carbocycles. The maximum absolute atomic E-state index is 12.4. The number of likely N-dealkylation sites (tertiary alicyclic amines) is 1. The molecule has 1 aliphatic rings. The Balaban J connectivity index is 2.05. The number of hydrogen-bond donors (Lipinski definition) is 1.